The van der Waals surface area contributed by atoms with Crippen LogP contribution in [0, 0.1) is 5.92 Å². The van der Waals surface area contributed by atoms with E-state index in [1.807, 2.05) is 30.0 Å². The highest BCUT2D eigenvalue weighted by Gasteiger charge is 2.46. The van der Waals surface area contributed by atoms with E-state index in [0.29, 0.717) is 13.2 Å². The summed E-state index contributed by atoms with van der Waals surface area (Å²) in [6, 6.07) is 10.4. The van der Waals surface area contributed by atoms with Gasteiger partial charge in [0.25, 0.3) is 0 Å². The molecule has 122 valence electrons. The van der Waals surface area contributed by atoms with E-state index in [0.717, 1.165) is 0 Å². The third-order valence-corrected chi connectivity index (χ3v) is 9.77. The summed E-state index contributed by atoms with van der Waals surface area (Å²) >= 11 is 0. The van der Waals surface area contributed by atoms with Crippen LogP contribution >= 0.6 is 0 Å². The van der Waals surface area contributed by atoms with Gasteiger partial charge < -0.3 is 9.33 Å². The Bertz CT molecular complexity index is 522. The number of rotatable bonds is 5. The molecule has 1 aromatic carbocycles. The van der Waals surface area contributed by atoms with Crippen molar-refractivity contribution in [3.63, 3.8) is 0 Å². The molecular weight excluding hydrogens is 290 g/mol. The zero-order valence-electron chi connectivity index (χ0n) is 14.7. The molecule has 3 nitrogen and oxygen atoms in total. The zero-order valence-corrected chi connectivity index (χ0v) is 15.7. The Morgan fingerprint density at radius 1 is 1.18 bits per heavy atom. The number of nitrogens with zero attached hydrogens (tertiary/aromatic N) is 1. The number of carbonyl (C=O) groups excluding carboxylic acids is 1. The maximum Gasteiger partial charge on any atom is 0.228 e. The van der Waals surface area contributed by atoms with Gasteiger partial charge in [-0.05, 0) is 23.7 Å². The molecule has 1 fully saturated rings. The van der Waals surface area contributed by atoms with Gasteiger partial charge >= 0.3 is 0 Å². The molecule has 0 saturated carbocycles. The maximum atomic E-state index is 12.2. The predicted octanol–water partition coefficient (Wildman–Crippen LogP) is 4.06. The summed E-state index contributed by atoms with van der Waals surface area (Å²) in [7, 11) is -1.76. The number of benzene rings is 1. The molecule has 2 rings (SSSR count). The van der Waals surface area contributed by atoms with Crippen LogP contribution < -0.4 is 0 Å². The third-order valence-electron chi connectivity index (χ3n) is 5.27. The van der Waals surface area contributed by atoms with Crippen molar-refractivity contribution in [2.45, 2.75) is 58.4 Å². The molecule has 1 aliphatic rings. The fraction of sp³-hybridized carbons (Fsp3) is 0.611. The van der Waals surface area contributed by atoms with E-state index in [2.05, 4.69) is 46.0 Å². The van der Waals surface area contributed by atoms with Crippen LogP contribution in [0.4, 0.5) is 0 Å². The molecule has 0 unspecified atom stereocenters. The summed E-state index contributed by atoms with van der Waals surface area (Å²) in [6.45, 7) is 14.6. The minimum Gasteiger partial charge on any atom is -0.415 e. The molecule has 2 atom stereocenters. The third kappa shape index (κ3) is 3.44. The minimum absolute atomic E-state index is 0.0773. The zero-order chi connectivity index (χ0) is 16.5. The van der Waals surface area contributed by atoms with Gasteiger partial charge in [0.1, 0.15) is 0 Å². The summed E-state index contributed by atoms with van der Waals surface area (Å²) in [4.78, 5) is 14.1. The van der Waals surface area contributed by atoms with E-state index in [1.165, 1.54) is 5.56 Å². The number of amides is 1. The van der Waals surface area contributed by atoms with Gasteiger partial charge in [0.15, 0.2) is 8.32 Å². The second-order valence-electron chi connectivity index (χ2n) is 7.88. The largest absolute Gasteiger partial charge is 0.415 e. The Morgan fingerprint density at radius 3 is 2.32 bits per heavy atom. The van der Waals surface area contributed by atoms with E-state index < -0.39 is 8.32 Å². The standard InChI is InChI=1S/C18H29NO2Si/c1-14-16(13-21-22(5,6)18(2,3)4)19(17(14)20)12-15-10-8-7-9-11-15/h7-11,14,16H,12-13H2,1-6H3/t14-,16+/m1/s1. The van der Waals surface area contributed by atoms with E-state index in [9.17, 15) is 4.79 Å². The Kier molecular flexibility index (Phi) is 4.83. The van der Waals surface area contributed by atoms with Crippen molar-refractivity contribution < 1.29 is 9.22 Å². The van der Waals surface area contributed by atoms with E-state index >= 15 is 0 Å². The maximum absolute atomic E-state index is 12.2. The van der Waals surface area contributed by atoms with Crippen molar-refractivity contribution in [2.24, 2.45) is 5.92 Å². The molecule has 0 aliphatic carbocycles. The van der Waals surface area contributed by atoms with Crippen LogP contribution in [0.25, 0.3) is 0 Å². The van der Waals surface area contributed by atoms with Gasteiger partial charge in [0, 0.05) is 6.54 Å². The van der Waals surface area contributed by atoms with Crippen molar-refractivity contribution >= 4 is 14.2 Å². The van der Waals surface area contributed by atoms with Gasteiger partial charge in [0.05, 0.1) is 18.6 Å². The van der Waals surface area contributed by atoms with Crippen LogP contribution in [0.3, 0.4) is 0 Å². The Labute approximate surface area is 135 Å². The van der Waals surface area contributed by atoms with Gasteiger partial charge in [-0.25, -0.2) is 0 Å². The second-order valence-corrected chi connectivity index (χ2v) is 12.7. The van der Waals surface area contributed by atoms with Crippen LogP contribution in [0.2, 0.25) is 18.1 Å². The van der Waals surface area contributed by atoms with Crippen molar-refractivity contribution in [1.29, 1.82) is 0 Å². The lowest BCUT2D eigenvalue weighted by Crippen LogP contribution is -2.62. The molecule has 4 heteroatoms. The van der Waals surface area contributed by atoms with Crippen LogP contribution in [-0.4, -0.2) is 31.8 Å². The summed E-state index contributed by atoms with van der Waals surface area (Å²) in [6.07, 6.45) is 0. The lowest BCUT2D eigenvalue weighted by Gasteiger charge is -2.48. The Balaban J connectivity index is 1.99. The number of likely N-dealkylation sites (tertiary alicyclic amines) is 1. The molecule has 0 bridgehead atoms. The predicted molar refractivity (Wildman–Crippen MR) is 93.1 cm³/mol. The lowest BCUT2D eigenvalue weighted by atomic mass is 9.89. The smallest absolute Gasteiger partial charge is 0.228 e. The molecule has 0 aromatic heterocycles. The SMILES string of the molecule is C[C@H]1C(=O)N(Cc2ccccc2)[C@H]1CO[Si](C)(C)C(C)(C)C. The molecule has 1 aromatic rings. The first-order valence-corrected chi connectivity index (χ1v) is 11.0. The first-order chi connectivity index (χ1) is 10.1. The van der Waals surface area contributed by atoms with Crippen LogP contribution in [0.1, 0.15) is 33.3 Å². The fourth-order valence-electron chi connectivity index (χ4n) is 2.50. The topological polar surface area (TPSA) is 29.5 Å². The van der Waals surface area contributed by atoms with Crippen LogP contribution in [0.15, 0.2) is 30.3 Å². The van der Waals surface area contributed by atoms with E-state index in [4.69, 9.17) is 4.43 Å². The van der Waals surface area contributed by atoms with Gasteiger partial charge in [-0.2, -0.15) is 0 Å². The number of hydrogen-bond acceptors (Lipinski definition) is 2. The first kappa shape index (κ1) is 17.2. The molecule has 1 aliphatic heterocycles. The van der Waals surface area contributed by atoms with E-state index in [1.54, 1.807) is 0 Å². The minimum atomic E-state index is -1.76. The van der Waals surface area contributed by atoms with Crippen molar-refractivity contribution in [3.8, 4) is 0 Å². The molecule has 1 amide bonds. The van der Waals surface area contributed by atoms with Crippen molar-refractivity contribution in [1.82, 2.24) is 4.90 Å². The Morgan fingerprint density at radius 2 is 1.77 bits per heavy atom. The van der Waals surface area contributed by atoms with Gasteiger partial charge in [-0.1, -0.05) is 58.0 Å². The van der Waals surface area contributed by atoms with Gasteiger partial charge in [-0.3, -0.25) is 4.79 Å². The normalized spacial score (nSPS) is 22.6. The number of carbonyl (C=O) groups is 1. The average molecular weight is 320 g/mol. The molecular formula is C18H29NO2Si. The number of β-lactam (4-membered cyclic amide) rings is 1. The van der Waals surface area contributed by atoms with Crippen molar-refractivity contribution in [2.75, 3.05) is 6.61 Å². The highest BCUT2D eigenvalue weighted by atomic mass is 28.4. The van der Waals surface area contributed by atoms with Crippen LogP contribution in [-0.2, 0) is 15.8 Å². The Hall–Kier alpha value is -1.13. The molecule has 1 saturated heterocycles. The monoisotopic (exact) mass is 319 g/mol. The van der Waals surface area contributed by atoms with Gasteiger partial charge in [-0.15, -0.1) is 0 Å². The molecule has 1 heterocycles. The molecule has 0 N–H and O–H groups in total. The van der Waals surface area contributed by atoms with Gasteiger partial charge in [0.2, 0.25) is 5.91 Å². The number of hydrogen-bond donors (Lipinski definition) is 0. The van der Waals surface area contributed by atoms with Crippen molar-refractivity contribution in [3.05, 3.63) is 35.9 Å². The summed E-state index contributed by atoms with van der Waals surface area (Å²) in [5.74, 6) is 0.321. The average Bonchev–Trinajstić information content (AvgIpc) is 2.45. The molecule has 0 radical (unpaired) electrons. The molecule has 22 heavy (non-hydrogen) atoms. The fourth-order valence-corrected chi connectivity index (χ4v) is 3.52. The quantitative estimate of drug-likeness (QED) is 0.605. The summed E-state index contributed by atoms with van der Waals surface area (Å²) in [5.41, 5.74) is 1.18. The summed E-state index contributed by atoms with van der Waals surface area (Å²) < 4.78 is 6.33. The highest BCUT2D eigenvalue weighted by Crippen LogP contribution is 2.38. The lowest BCUT2D eigenvalue weighted by molar-refractivity contribution is -0.158. The first-order valence-electron chi connectivity index (χ1n) is 8.12. The second kappa shape index (κ2) is 6.17. The summed E-state index contributed by atoms with van der Waals surface area (Å²) in [5, 5.41) is 0.203. The van der Waals surface area contributed by atoms with Crippen LogP contribution in [0.5, 0.6) is 0 Å². The molecule has 0 spiro atoms. The van der Waals surface area contributed by atoms with E-state index in [-0.39, 0.29) is 22.9 Å². The highest BCUT2D eigenvalue weighted by molar-refractivity contribution is 6.74.